The van der Waals surface area contributed by atoms with Crippen molar-refractivity contribution in [3.8, 4) is 0 Å². The molecule has 0 aliphatic rings. The van der Waals surface area contributed by atoms with E-state index in [4.69, 9.17) is 0 Å². The van der Waals surface area contributed by atoms with Crippen LogP contribution < -0.4 is 0 Å². The summed E-state index contributed by atoms with van der Waals surface area (Å²) in [7, 11) is 0. The lowest BCUT2D eigenvalue weighted by Crippen LogP contribution is -1.88. The van der Waals surface area contributed by atoms with E-state index < -0.39 is 6.67 Å². The highest BCUT2D eigenvalue weighted by atomic mass is 19.1. The van der Waals surface area contributed by atoms with Crippen LogP contribution >= 0.6 is 0 Å². The standard InChI is InChI=1S/C9H9FN2/c1-6-7(4-10)5-12-8-2-3-11-9(6)8/h2-3,5,11H,4H2,1H3. The number of H-pyrrole nitrogens is 1. The van der Waals surface area contributed by atoms with Crippen LogP contribution in [0.2, 0.25) is 0 Å². The maximum Gasteiger partial charge on any atom is 0.116 e. The average Bonchev–Trinajstić information content (AvgIpc) is 2.53. The number of nitrogens with zero attached hydrogens (tertiary/aromatic N) is 1. The largest absolute Gasteiger partial charge is 0.360 e. The summed E-state index contributed by atoms with van der Waals surface area (Å²) in [4.78, 5) is 7.13. The van der Waals surface area contributed by atoms with E-state index in [0.717, 1.165) is 16.6 Å². The fourth-order valence-electron chi connectivity index (χ4n) is 1.31. The lowest BCUT2D eigenvalue weighted by Gasteiger charge is -2.00. The van der Waals surface area contributed by atoms with E-state index in [9.17, 15) is 4.39 Å². The van der Waals surface area contributed by atoms with Crippen LogP contribution in [0, 0.1) is 6.92 Å². The van der Waals surface area contributed by atoms with Crippen LogP contribution in [0.5, 0.6) is 0 Å². The van der Waals surface area contributed by atoms with Crippen LogP contribution in [0.15, 0.2) is 18.5 Å². The second-order valence-electron chi connectivity index (χ2n) is 2.78. The number of hydrogen-bond acceptors (Lipinski definition) is 1. The van der Waals surface area contributed by atoms with Crippen LogP contribution in [0.4, 0.5) is 4.39 Å². The topological polar surface area (TPSA) is 28.7 Å². The number of aromatic nitrogens is 2. The molecule has 0 bridgehead atoms. The van der Waals surface area contributed by atoms with Crippen LogP contribution in [-0.2, 0) is 6.67 Å². The van der Waals surface area contributed by atoms with Gasteiger partial charge in [-0.1, -0.05) is 0 Å². The Hall–Kier alpha value is -1.38. The molecule has 0 aromatic carbocycles. The molecule has 0 radical (unpaired) electrons. The molecule has 62 valence electrons. The molecular formula is C9H9FN2. The fourth-order valence-corrected chi connectivity index (χ4v) is 1.31. The highest BCUT2D eigenvalue weighted by Crippen LogP contribution is 2.18. The molecule has 2 aromatic rings. The summed E-state index contributed by atoms with van der Waals surface area (Å²) in [6.07, 6.45) is 3.40. The molecule has 2 aromatic heterocycles. The normalized spacial score (nSPS) is 10.8. The predicted molar refractivity (Wildman–Crippen MR) is 45.6 cm³/mol. The summed E-state index contributed by atoms with van der Waals surface area (Å²) >= 11 is 0. The van der Waals surface area contributed by atoms with Gasteiger partial charge < -0.3 is 4.98 Å². The molecule has 0 atom stereocenters. The monoisotopic (exact) mass is 164 g/mol. The Bertz CT molecular complexity index is 406. The van der Waals surface area contributed by atoms with Gasteiger partial charge in [0.25, 0.3) is 0 Å². The zero-order valence-corrected chi connectivity index (χ0v) is 6.76. The Balaban J connectivity index is 2.78. The van der Waals surface area contributed by atoms with Crippen molar-refractivity contribution in [1.29, 1.82) is 0 Å². The maximum atomic E-state index is 12.4. The summed E-state index contributed by atoms with van der Waals surface area (Å²) in [5.41, 5.74) is 3.44. The first-order chi connectivity index (χ1) is 5.83. The Morgan fingerprint density at radius 1 is 1.58 bits per heavy atom. The Kier molecular flexibility index (Phi) is 1.57. The molecule has 3 heteroatoms. The molecule has 1 N–H and O–H groups in total. The number of rotatable bonds is 1. The van der Waals surface area contributed by atoms with Gasteiger partial charge in [0.1, 0.15) is 6.67 Å². The van der Waals surface area contributed by atoms with Crippen LogP contribution in [-0.4, -0.2) is 9.97 Å². The van der Waals surface area contributed by atoms with Gasteiger partial charge in [0, 0.05) is 18.0 Å². The minimum atomic E-state index is -0.451. The highest BCUT2D eigenvalue weighted by molar-refractivity contribution is 5.79. The third-order valence-corrected chi connectivity index (χ3v) is 2.09. The summed E-state index contributed by atoms with van der Waals surface area (Å²) in [5.74, 6) is 0. The lowest BCUT2D eigenvalue weighted by molar-refractivity contribution is 0.483. The zero-order chi connectivity index (χ0) is 8.55. The molecule has 0 saturated heterocycles. The van der Waals surface area contributed by atoms with Gasteiger partial charge in [0.05, 0.1) is 11.0 Å². The molecular weight excluding hydrogens is 155 g/mol. The van der Waals surface area contributed by atoms with Gasteiger partial charge in [-0.2, -0.15) is 0 Å². The molecule has 0 unspecified atom stereocenters. The molecule has 0 amide bonds. The number of hydrogen-bond donors (Lipinski definition) is 1. The van der Waals surface area contributed by atoms with Crippen molar-refractivity contribution in [2.45, 2.75) is 13.6 Å². The smallest absolute Gasteiger partial charge is 0.116 e. The number of halogens is 1. The first-order valence-electron chi connectivity index (χ1n) is 3.80. The number of fused-ring (bicyclic) bond motifs is 1. The van der Waals surface area contributed by atoms with Gasteiger partial charge in [-0.05, 0) is 18.6 Å². The van der Waals surface area contributed by atoms with E-state index in [1.54, 1.807) is 6.20 Å². The quantitative estimate of drug-likeness (QED) is 0.688. The maximum absolute atomic E-state index is 12.4. The summed E-state index contributed by atoms with van der Waals surface area (Å²) < 4.78 is 12.4. The molecule has 0 spiro atoms. The highest BCUT2D eigenvalue weighted by Gasteiger charge is 2.04. The first-order valence-corrected chi connectivity index (χ1v) is 3.80. The minimum absolute atomic E-state index is 0.451. The second kappa shape index (κ2) is 2.59. The van der Waals surface area contributed by atoms with E-state index in [1.165, 1.54) is 0 Å². The molecule has 0 saturated carbocycles. The van der Waals surface area contributed by atoms with Gasteiger partial charge >= 0.3 is 0 Å². The van der Waals surface area contributed by atoms with Crippen LogP contribution in [0.3, 0.4) is 0 Å². The van der Waals surface area contributed by atoms with Gasteiger partial charge in [-0.3, -0.25) is 4.98 Å². The Morgan fingerprint density at radius 2 is 2.42 bits per heavy atom. The average molecular weight is 164 g/mol. The van der Waals surface area contributed by atoms with E-state index in [-0.39, 0.29) is 0 Å². The number of aryl methyl sites for hydroxylation is 1. The van der Waals surface area contributed by atoms with Crippen LogP contribution in [0.1, 0.15) is 11.1 Å². The van der Waals surface area contributed by atoms with Crippen molar-refractivity contribution in [1.82, 2.24) is 9.97 Å². The number of aromatic amines is 1. The Morgan fingerprint density at radius 3 is 3.17 bits per heavy atom. The van der Waals surface area contributed by atoms with Crippen molar-refractivity contribution >= 4 is 11.0 Å². The van der Waals surface area contributed by atoms with E-state index in [2.05, 4.69) is 9.97 Å². The van der Waals surface area contributed by atoms with E-state index >= 15 is 0 Å². The SMILES string of the molecule is Cc1c(CF)cnc2cc[nH]c12. The summed E-state index contributed by atoms with van der Waals surface area (Å²) in [6, 6.07) is 1.88. The lowest BCUT2D eigenvalue weighted by atomic mass is 10.1. The van der Waals surface area contributed by atoms with Crippen molar-refractivity contribution < 1.29 is 4.39 Å². The molecule has 0 aliphatic carbocycles. The van der Waals surface area contributed by atoms with Crippen molar-refractivity contribution in [3.05, 3.63) is 29.6 Å². The predicted octanol–water partition coefficient (Wildman–Crippen LogP) is 2.34. The number of nitrogens with one attached hydrogen (secondary N) is 1. The number of pyridine rings is 1. The third-order valence-electron chi connectivity index (χ3n) is 2.09. The molecule has 12 heavy (non-hydrogen) atoms. The fraction of sp³-hybridized carbons (Fsp3) is 0.222. The zero-order valence-electron chi connectivity index (χ0n) is 6.76. The van der Waals surface area contributed by atoms with E-state index in [1.807, 2.05) is 19.2 Å². The van der Waals surface area contributed by atoms with Crippen LogP contribution in [0.25, 0.3) is 11.0 Å². The molecule has 2 rings (SSSR count). The number of alkyl halides is 1. The summed E-state index contributed by atoms with van der Waals surface area (Å²) in [6.45, 7) is 1.45. The second-order valence-corrected chi connectivity index (χ2v) is 2.78. The van der Waals surface area contributed by atoms with Crippen molar-refractivity contribution in [2.75, 3.05) is 0 Å². The molecule has 2 heterocycles. The van der Waals surface area contributed by atoms with E-state index in [0.29, 0.717) is 5.56 Å². The summed E-state index contributed by atoms with van der Waals surface area (Å²) in [5, 5.41) is 0. The minimum Gasteiger partial charge on any atom is -0.360 e. The molecule has 0 aliphatic heterocycles. The van der Waals surface area contributed by atoms with Crippen molar-refractivity contribution in [2.24, 2.45) is 0 Å². The van der Waals surface area contributed by atoms with Gasteiger partial charge in [-0.25, -0.2) is 4.39 Å². The van der Waals surface area contributed by atoms with Gasteiger partial charge in [0.15, 0.2) is 0 Å². The van der Waals surface area contributed by atoms with Crippen molar-refractivity contribution in [3.63, 3.8) is 0 Å². The van der Waals surface area contributed by atoms with Gasteiger partial charge in [0.2, 0.25) is 0 Å². The Labute approximate surface area is 69.4 Å². The first kappa shape index (κ1) is 7.28. The molecule has 2 nitrogen and oxygen atoms in total. The third kappa shape index (κ3) is 0.897. The van der Waals surface area contributed by atoms with Gasteiger partial charge in [-0.15, -0.1) is 0 Å². The molecule has 0 fully saturated rings.